The number of hydrogen-bond donors (Lipinski definition) is 0. The van der Waals surface area contributed by atoms with Crippen molar-refractivity contribution in [2.45, 2.75) is 26.9 Å². The van der Waals surface area contributed by atoms with Crippen LogP contribution in [0.1, 0.15) is 33.4 Å². The third-order valence-electron chi connectivity index (χ3n) is 7.81. The molecule has 0 aliphatic rings. The quantitative estimate of drug-likeness (QED) is 0.146. The maximum absolute atomic E-state index is 3.30. The normalized spacial score (nSPS) is 9.26. The molecule has 0 radical (unpaired) electrons. The first kappa shape index (κ1) is 43.7. The van der Waals surface area contributed by atoms with Crippen LogP contribution in [0.3, 0.4) is 0 Å². The largest absolute Gasteiger partial charge is 1.00 e. The van der Waals surface area contributed by atoms with Gasteiger partial charge in [0.05, 0.1) is 10.7 Å². The third-order valence-corrected chi connectivity index (χ3v) is 8.37. The Bertz CT molecular complexity index is 2170. The Morgan fingerprint density at radius 3 is 0.944 bits per heavy atom. The third kappa shape index (κ3) is 14.6. The van der Waals surface area contributed by atoms with Gasteiger partial charge in [-0.25, -0.2) is 0 Å². The number of rotatable bonds is 4. The summed E-state index contributed by atoms with van der Waals surface area (Å²) in [5.41, 5.74) is 11.3. The number of aryl methyl sites for hydroxylation is 2. The molecule has 0 amide bonds. The van der Waals surface area contributed by atoms with E-state index in [-0.39, 0.29) is 34.0 Å². The zero-order valence-electron chi connectivity index (χ0n) is 30.1. The SMILES string of the molecule is BrCC#Cc1ccc(-c2ccc(C#CCBr)cc2)cc1.Cc1ccc[n+](CC#Cc2ccc(-c3ccc(C#CC[n+]4cccc(C)c4)cc3)cc2)c1.[Br-].[Br-]. The zero-order chi connectivity index (χ0) is 36.4. The predicted octanol–water partition coefficient (Wildman–Crippen LogP) is 3.50. The fourth-order valence-electron chi connectivity index (χ4n) is 5.22. The molecule has 0 spiro atoms. The summed E-state index contributed by atoms with van der Waals surface area (Å²) in [6.07, 6.45) is 8.29. The van der Waals surface area contributed by atoms with E-state index in [9.17, 15) is 0 Å². The van der Waals surface area contributed by atoms with Gasteiger partial charge >= 0.3 is 0 Å². The Labute approximate surface area is 358 Å². The summed E-state index contributed by atoms with van der Waals surface area (Å²) >= 11 is 6.59. The molecule has 2 nitrogen and oxygen atoms in total. The van der Waals surface area contributed by atoms with Crippen LogP contribution in [0.2, 0.25) is 0 Å². The van der Waals surface area contributed by atoms with E-state index in [1.54, 1.807) is 0 Å². The van der Waals surface area contributed by atoms with Crippen molar-refractivity contribution in [3.8, 4) is 69.6 Å². The van der Waals surface area contributed by atoms with E-state index in [4.69, 9.17) is 0 Å². The van der Waals surface area contributed by atoms with Crippen LogP contribution in [-0.4, -0.2) is 10.7 Å². The molecule has 6 rings (SSSR count). The number of benzene rings is 4. The van der Waals surface area contributed by atoms with E-state index in [2.05, 4.69) is 200 Å². The molecule has 0 atom stereocenters. The fourth-order valence-corrected chi connectivity index (χ4v) is 5.50. The van der Waals surface area contributed by atoms with Crippen LogP contribution in [0.25, 0.3) is 22.3 Å². The summed E-state index contributed by atoms with van der Waals surface area (Å²) < 4.78 is 4.20. The molecule has 54 heavy (non-hydrogen) atoms. The molecule has 0 saturated heterocycles. The second kappa shape index (κ2) is 23.9. The highest BCUT2D eigenvalue weighted by Crippen LogP contribution is 2.21. The Morgan fingerprint density at radius 1 is 0.407 bits per heavy atom. The first-order valence-corrected chi connectivity index (χ1v) is 19.1. The van der Waals surface area contributed by atoms with Crippen LogP contribution in [0, 0.1) is 61.2 Å². The van der Waals surface area contributed by atoms with Crippen LogP contribution in [0.5, 0.6) is 0 Å². The van der Waals surface area contributed by atoms with Crippen molar-refractivity contribution in [2.24, 2.45) is 0 Å². The number of pyridine rings is 2. The van der Waals surface area contributed by atoms with Crippen LogP contribution < -0.4 is 43.1 Å². The van der Waals surface area contributed by atoms with E-state index >= 15 is 0 Å². The molecule has 0 N–H and O–H groups in total. The molecule has 0 fully saturated rings. The van der Waals surface area contributed by atoms with Gasteiger partial charge in [-0.2, -0.15) is 9.13 Å². The molecule has 6 heteroatoms. The van der Waals surface area contributed by atoms with E-state index in [1.807, 2.05) is 48.8 Å². The minimum Gasteiger partial charge on any atom is -1.00 e. The van der Waals surface area contributed by atoms with Crippen LogP contribution in [0.4, 0.5) is 0 Å². The van der Waals surface area contributed by atoms with Crippen molar-refractivity contribution < 1.29 is 43.1 Å². The van der Waals surface area contributed by atoms with Crippen molar-refractivity contribution in [1.29, 1.82) is 0 Å². The van der Waals surface area contributed by atoms with Gasteiger partial charge < -0.3 is 34.0 Å². The Hall–Kier alpha value is -4.66. The molecule has 0 bridgehead atoms. The highest BCUT2D eigenvalue weighted by atomic mass is 79.9. The average molecular weight is 962 g/mol. The maximum Gasteiger partial charge on any atom is 0.209 e. The number of halogens is 4. The molecule has 0 unspecified atom stereocenters. The maximum atomic E-state index is 3.30. The fraction of sp³-hybridized carbons (Fsp3) is 0.125. The summed E-state index contributed by atoms with van der Waals surface area (Å²) in [6, 6.07) is 41.6. The number of aromatic nitrogens is 2. The molecule has 4 aromatic carbocycles. The molecule has 2 heterocycles. The lowest BCUT2D eigenvalue weighted by molar-refractivity contribution is -0.685. The number of nitrogens with zero attached hydrogens (tertiary/aromatic N) is 2. The van der Waals surface area contributed by atoms with Crippen molar-refractivity contribution in [2.75, 3.05) is 10.7 Å². The van der Waals surface area contributed by atoms with Gasteiger partial charge in [-0.3, -0.25) is 0 Å². The summed E-state index contributed by atoms with van der Waals surface area (Å²) in [6.45, 7) is 5.56. The van der Waals surface area contributed by atoms with E-state index in [0.29, 0.717) is 23.7 Å². The van der Waals surface area contributed by atoms with Crippen LogP contribution in [0.15, 0.2) is 146 Å². The highest BCUT2D eigenvalue weighted by Gasteiger charge is 2.01. The first-order chi connectivity index (χ1) is 25.5. The van der Waals surface area contributed by atoms with Gasteiger partial charge in [-0.1, -0.05) is 116 Å². The molecule has 0 aliphatic heterocycles. The lowest BCUT2D eigenvalue weighted by Crippen LogP contribution is -3.00. The highest BCUT2D eigenvalue weighted by molar-refractivity contribution is 9.09. The zero-order valence-corrected chi connectivity index (χ0v) is 36.4. The molecule has 0 aliphatic carbocycles. The van der Waals surface area contributed by atoms with E-state index in [1.165, 1.54) is 33.4 Å². The Kier molecular flexibility index (Phi) is 19.4. The van der Waals surface area contributed by atoms with Gasteiger partial charge in [-0.05, 0) is 109 Å². The minimum atomic E-state index is 0. The van der Waals surface area contributed by atoms with Gasteiger partial charge in [0.25, 0.3) is 0 Å². The van der Waals surface area contributed by atoms with Crippen molar-refractivity contribution >= 4 is 31.9 Å². The molecule has 268 valence electrons. The van der Waals surface area contributed by atoms with Gasteiger partial charge in [-0.15, -0.1) is 0 Å². The number of alkyl halides is 2. The summed E-state index contributed by atoms with van der Waals surface area (Å²) in [5.74, 6) is 25.2. The van der Waals surface area contributed by atoms with Gasteiger partial charge in [0.15, 0.2) is 24.8 Å². The topological polar surface area (TPSA) is 7.76 Å². The van der Waals surface area contributed by atoms with E-state index < -0.39 is 0 Å². The lowest BCUT2D eigenvalue weighted by atomic mass is 10.0. The summed E-state index contributed by atoms with van der Waals surface area (Å²) in [5, 5.41) is 1.40. The minimum absolute atomic E-state index is 0. The number of hydrogen-bond acceptors (Lipinski definition) is 0. The average Bonchev–Trinajstić information content (AvgIpc) is 3.18. The first-order valence-electron chi connectivity index (χ1n) is 16.9. The Morgan fingerprint density at radius 2 is 0.685 bits per heavy atom. The standard InChI is InChI=1S/C30H26N2.C18H12Br2.2BrH/c1-25-7-3-19-31(23-25)21-5-9-27-11-15-29(16-12-27)30-17-13-28(14-18-30)10-6-22-32-20-4-8-26(2)24-32;19-13-1-3-15-5-9-17(10-6-15)18-11-7-16(8-12-18)4-2-14-20;;/h3-4,7-8,11-20,23-24H,21-22H2,1-2H3;5-12H,13-14H2;2*1H/q+2;;;/p-2. The molecular weight excluding hydrogens is 924 g/mol. The molecule has 2 aromatic heterocycles. The van der Waals surface area contributed by atoms with Crippen molar-refractivity contribution in [3.63, 3.8) is 0 Å². The summed E-state index contributed by atoms with van der Waals surface area (Å²) in [7, 11) is 0. The second-order valence-electron chi connectivity index (χ2n) is 11.9. The smallest absolute Gasteiger partial charge is 0.209 e. The van der Waals surface area contributed by atoms with Gasteiger partial charge in [0.2, 0.25) is 13.1 Å². The second-order valence-corrected chi connectivity index (χ2v) is 13.0. The lowest BCUT2D eigenvalue weighted by Gasteiger charge is -2.02. The van der Waals surface area contributed by atoms with Crippen LogP contribution >= 0.6 is 31.9 Å². The predicted molar refractivity (Wildman–Crippen MR) is 222 cm³/mol. The van der Waals surface area contributed by atoms with Gasteiger partial charge in [0, 0.05) is 45.5 Å². The molecule has 0 saturated carbocycles. The van der Waals surface area contributed by atoms with Gasteiger partial charge in [0.1, 0.15) is 0 Å². The van der Waals surface area contributed by atoms with E-state index in [0.717, 1.165) is 22.3 Å². The monoisotopic (exact) mass is 958 g/mol. The molecular formula is C48H38Br4N2. The summed E-state index contributed by atoms with van der Waals surface area (Å²) in [4.78, 5) is 0. The molecule has 6 aromatic rings. The van der Waals surface area contributed by atoms with Crippen molar-refractivity contribution in [1.82, 2.24) is 0 Å². The van der Waals surface area contributed by atoms with Crippen molar-refractivity contribution in [3.05, 3.63) is 179 Å². The van der Waals surface area contributed by atoms with Crippen LogP contribution in [-0.2, 0) is 13.1 Å². The Balaban J connectivity index is 0.000000309.